The first-order valence-corrected chi connectivity index (χ1v) is 3.93. The van der Waals surface area contributed by atoms with Crippen molar-refractivity contribution >= 4 is 6.29 Å². The van der Waals surface area contributed by atoms with Gasteiger partial charge in [0.25, 0.3) is 0 Å². The number of hydrogen-bond acceptors (Lipinski definition) is 3. The van der Waals surface area contributed by atoms with Gasteiger partial charge in [0, 0.05) is 6.42 Å². The quantitative estimate of drug-likeness (QED) is 0.515. The highest BCUT2D eigenvalue weighted by atomic mass is 16.5. The van der Waals surface area contributed by atoms with E-state index in [1.165, 1.54) is 0 Å². The van der Waals surface area contributed by atoms with Gasteiger partial charge >= 0.3 is 0 Å². The van der Waals surface area contributed by atoms with Crippen molar-refractivity contribution in [2.75, 3.05) is 6.61 Å². The van der Waals surface area contributed by atoms with Gasteiger partial charge in [0.1, 0.15) is 12.0 Å². The van der Waals surface area contributed by atoms with Crippen LogP contribution in [0.4, 0.5) is 0 Å². The van der Waals surface area contributed by atoms with E-state index in [9.17, 15) is 4.79 Å². The van der Waals surface area contributed by atoms with Gasteiger partial charge in [0.2, 0.25) is 0 Å². The molecule has 0 aliphatic carbocycles. The van der Waals surface area contributed by atoms with Gasteiger partial charge in [-0.2, -0.15) is 5.26 Å². The van der Waals surface area contributed by atoms with Crippen LogP contribution in [-0.4, -0.2) is 12.9 Å². The summed E-state index contributed by atoms with van der Waals surface area (Å²) in [6.07, 6.45) is 1.17. The lowest BCUT2D eigenvalue weighted by Crippen LogP contribution is -1.97. The number of nitriles is 1. The zero-order chi connectivity index (χ0) is 9.52. The van der Waals surface area contributed by atoms with Crippen molar-refractivity contribution < 1.29 is 9.53 Å². The zero-order valence-electron chi connectivity index (χ0n) is 7.06. The maximum Gasteiger partial charge on any atom is 0.123 e. The summed E-state index contributed by atoms with van der Waals surface area (Å²) in [5, 5.41) is 8.57. The fourth-order valence-electron chi connectivity index (χ4n) is 0.880. The standard InChI is InChI=1S/C10H9NO2/c11-8-9-3-1-4-10(7-9)13-6-2-5-12/h1,3-5,7H,2,6H2. The number of ether oxygens (including phenoxy) is 1. The van der Waals surface area contributed by atoms with E-state index >= 15 is 0 Å². The third-order valence-corrected chi connectivity index (χ3v) is 1.47. The summed E-state index contributed by atoms with van der Waals surface area (Å²) in [7, 11) is 0. The first-order chi connectivity index (χ1) is 6.36. The lowest BCUT2D eigenvalue weighted by atomic mass is 10.2. The van der Waals surface area contributed by atoms with Gasteiger partial charge in [0.05, 0.1) is 18.2 Å². The maximum atomic E-state index is 9.99. The highest BCUT2D eigenvalue weighted by Crippen LogP contribution is 2.12. The van der Waals surface area contributed by atoms with Crippen molar-refractivity contribution in [2.24, 2.45) is 0 Å². The van der Waals surface area contributed by atoms with E-state index in [2.05, 4.69) is 0 Å². The SMILES string of the molecule is N#Cc1cccc(OCCC=O)c1. The number of carbonyl (C=O) groups excluding carboxylic acids is 1. The molecular formula is C10H9NO2. The Bertz CT molecular complexity index is 328. The summed E-state index contributed by atoms with van der Waals surface area (Å²) in [5.74, 6) is 0.626. The lowest BCUT2D eigenvalue weighted by Gasteiger charge is -2.02. The second-order valence-electron chi connectivity index (χ2n) is 2.44. The summed E-state index contributed by atoms with van der Waals surface area (Å²) < 4.78 is 5.21. The molecule has 0 saturated carbocycles. The molecule has 0 aliphatic rings. The average molecular weight is 175 g/mol. The smallest absolute Gasteiger partial charge is 0.123 e. The van der Waals surface area contributed by atoms with Gasteiger partial charge in [-0.05, 0) is 18.2 Å². The van der Waals surface area contributed by atoms with E-state index in [1.807, 2.05) is 6.07 Å². The van der Waals surface area contributed by atoms with Crippen LogP contribution in [0.15, 0.2) is 24.3 Å². The largest absolute Gasteiger partial charge is 0.493 e. The second kappa shape index (κ2) is 4.94. The molecule has 0 aromatic heterocycles. The Morgan fingerprint density at radius 3 is 3.08 bits per heavy atom. The Morgan fingerprint density at radius 1 is 1.54 bits per heavy atom. The molecule has 1 aromatic carbocycles. The van der Waals surface area contributed by atoms with Crippen LogP contribution < -0.4 is 4.74 Å². The minimum absolute atomic E-state index is 0.360. The molecule has 3 nitrogen and oxygen atoms in total. The van der Waals surface area contributed by atoms with E-state index in [-0.39, 0.29) is 0 Å². The van der Waals surface area contributed by atoms with Crippen molar-refractivity contribution in [2.45, 2.75) is 6.42 Å². The van der Waals surface area contributed by atoms with Crippen LogP contribution in [0.25, 0.3) is 0 Å². The van der Waals surface area contributed by atoms with E-state index in [1.54, 1.807) is 24.3 Å². The van der Waals surface area contributed by atoms with Crippen LogP contribution in [0.5, 0.6) is 5.75 Å². The highest BCUT2D eigenvalue weighted by Gasteiger charge is 1.94. The molecular weight excluding hydrogens is 166 g/mol. The number of hydrogen-bond donors (Lipinski definition) is 0. The Labute approximate surface area is 76.6 Å². The first-order valence-electron chi connectivity index (χ1n) is 3.93. The third-order valence-electron chi connectivity index (χ3n) is 1.47. The van der Waals surface area contributed by atoms with Gasteiger partial charge in [0.15, 0.2) is 0 Å². The third kappa shape index (κ3) is 2.96. The van der Waals surface area contributed by atoms with Crippen LogP contribution in [0, 0.1) is 11.3 Å². The van der Waals surface area contributed by atoms with Gasteiger partial charge < -0.3 is 9.53 Å². The summed E-state index contributed by atoms with van der Waals surface area (Å²) in [6.45, 7) is 0.360. The minimum Gasteiger partial charge on any atom is -0.493 e. The molecule has 66 valence electrons. The fourth-order valence-corrected chi connectivity index (χ4v) is 0.880. The highest BCUT2D eigenvalue weighted by molar-refractivity contribution is 5.49. The molecule has 3 heteroatoms. The van der Waals surface area contributed by atoms with Gasteiger partial charge in [-0.15, -0.1) is 0 Å². The molecule has 0 spiro atoms. The van der Waals surface area contributed by atoms with E-state index < -0.39 is 0 Å². The molecule has 0 heterocycles. The number of nitrogens with zero attached hydrogens (tertiary/aromatic N) is 1. The molecule has 0 atom stereocenters. The zero-order valence-corrected chi connectivity index (χ0v) is 7.06. The van der Waals surface area contributed by atoms with Gasteiger partial charge in [-0.3, -0.25) is 0 Å². The van der Waals surface area contributed by atoms with Crippen molar-refractivity contribution in [1.82, 2.24) is 0 Å². The molecule has 0 amide bonds. The maximum absolute atomic E-state index is 9.99. The molecule has 0 N–H and O–H groups in total. The summed E-state index contributed by atoms with van der Waals surface area (Å²) >= 11 is 0. The van der Waals surface area contributed by atoms with Gasteiger partial charge in [-0.1, -0.05) is 6.07 Å². The van der Waals surface area contributed by atoms with E-state index in [0.717, 1.165) is 6.29 Å². The number of rotatable bonds is 4. The average Bonchev–Trinajstić information content (AvgIpc) is 2.19. The van der Waals surface area contributed by atoms with Crippen LogP contribution in [0.1, 0.15) is 12.0 Å². The Hall–Kier alpha value is -1.82. The molecule has 0 aliphatic heterocycles. The summed E-state index contributed by atoms with van der Waals surface area (Å²) in [6, 6.07) is 8.85. The normalized spacial score (nSPS) is 8.85. The van der Waals surface area contributed by atoms with Crippen molar-refractivity contribution in [3.63, 3.8) is 0 Å². The number of aldehydes is 1. The Balaban J connectivity index is 2.57. The first kappa shape index (κ1) is 9.27. The van der Waals surface area contributed by atoms with E-state index in [0.29, 0.717) is 24.3 Å². The fraction of sp³-hybridized carbons (Fsp3) is 0.200. The minimum atomic E-state index is 0.360. The second-order valence-corrected chi connectivity index (χ2v) is 2.44. The Kier molecular flexibility index (Phi) is 3.52. The molecule has 1 rings (SSSR count). The molecule has 0 radical (unpaired) electrons. The summed E-state index contributed by atoms with van der Waals surface area (Å²) in [5.41, 5.74) is 0.559. The monoisotopic (exact) mass is 175 g/mol. The predicted molar refractivity (Wildman–Crippen MR) is 47.3 cm³/mol. The molecule has 1 aromatic rings. The van der Waals surface area contributed by atoms with Crippen molar-refractivity contribution in [3.8, 4) is 11.8 Å². The topological polar surface area (TPSA) is 50.1 Å². The molecule has 0 unspecified atom stereocenters. The van der Waals surface area contributed by atoms with Crippen LogP contribution >= 0.6 is 0 Å². The number of carbonyl (C=O) groups is 1. The summed E-state index contributed by atoms with van der Waals surface area (Å²) in [4.78, 5) is 9.99. The van der Waals surface area contributed by atoms with Crippen molar-refractivity contribution in [3.05, 3.63) is 29.8 Å². The molecule has 0 fully saturated rings. The lowest BCUT2D eigenvalue weighted by molar-refractivity contribution is -0.108. The molecule has 0 bridgehead atoms. The Morgan fingerprint density at radius 2 is 2.38 bits per heavy atom. The van der Waals surface area contributed by atoms with Crippen LogP contribution in [0.3, 0.4) is 0 Å². The van der Waals surface area contributed by atoms with Crippen LogP contribution in [-0.2, 0) is 4.79 Å². The van der Waals surface area contributed by atoms with Gasteiger partial charge in [-0.25, -0.2) is 0 Å². The molecule has 13 heavy (non-hydrogen) atoms. The predicted octanol–water partition coefficient (Wildman–Crippen LogP) is 1.53. The molecule has 0 saturated heterocycles. The number of benzene rings is 1. The van der Waals surface area contributed by atoms with E-state index in [4.69, 9.17) is 10.00 Å². The van der Waals surface area contributed by atoms with Crippen molar-refractivity contribution in [1.29, 1.82) is 5.26 Å². The van der Waals surface area contributed by atoms with Crippen LogP contribution in [0.2, 0.25) is 0 Å².